The average Bonchev–Trinajstić information content (AvgIpc) is 2.16. The van der Waals surface area contributed by atoms with Gasteiger partial charge in [-0.3, -0.25) is 4.99 Å². The van der Waals surface area contributed by atoms with E-state index >= 15 is 0 Å². The third-order valence-electron chi connectivity index (χ3n) is 1.94. The second kappa shape index (κ2) is 5.25. The molecule has 1 rings (SSSR count). The molecule has 1 aliphatic rings. The van der Waals surface area contributed by atoms with Gasteiger partial charge in [-0.1, -0.05) is 0 Å². The van der Waals surface area contributed by atoms with Gasteiger partial charge in [0, 0.05) is 6.21 Å². The summed E-state index contributed by atoms with van der Waals surface area (Å²) in [4.78, 5) is 4.47. The van der Waals surface area contributed by atoms with Crippen molar-refractivity contribution in [1.82, 2.24) is 0 Å². The van der Waals surface area contributed by atoms with E-state index < -0.39 is 0 Å². The third-order valence-corrected chi connectivity index (χ3v) is 2.99. The third kappa shape index (κ3) is 3.30. The largest absolute Gasteiger partial charge is 0.404 e. The number of hydrogen-bond donors (Lipinski definition) is 1. The van der Waals surface area contributed by atoms with Gasteiger partial charge in [0.2, 0.25) is 0 Å². The van der Waals surface area contributed by atoms with Crippen LogP contribution in [0, 0.1) is 0 Å². The van der Waals surface area contributed by atoms with Crippen molar-refractivity contribution in [1.29, 1.82) is 0 Å². The maximum atomic E-state index is 5.33. The zero-order valence-electron chi connectivity index (χ0n) is 7.49. The first kappa shape index (κ1) is 9.65. The van der Waals surface area contributed by atoms with Crippen molar-refractivity contribution in [3.05, 3.63) is 11.8 Å². The van der Waals surface area contributed by atoms with Gasteiger partial charge in [0.05, 0.1) is 6.04 Å². The zero-order valence-corrected chi connectivity index (χ0v) is 8.31. The molecular formula is C9H16N2S. The van der Waals surface area contributed by atoms with Gasteiger partial charge in [-0.05, 0) is 43.0 Å². The molecule has 0 saturated carbocycles. The molecule has 1 heterocycles. The molecule has 0 aliphatic carbocycles. The van der Waals surface area contributed by atoms with Crippen molar-refractivity contribution >= 4 is 18.0 Å². The molecule has 1 saturated heterocycles. The van der Waals surface area contributed by atoms with Crippen LogP contribution in [0.3, 0.4) is 0 Å². The van der Waals surface area contributed by atoms with Crippen molar-refractivity contribution in [2.45, 2.75) is 25.8 Å². The van der Waals surface area contributed by atoms with Gasteiger partial charge in [-0.25, -0.2) is 0 Å². The van der Waals surface area contributed by atoms with E-state index in [0.717, 1.165) is 5.57 Å². The van der Waals surface area contributed by atoms with E-state index in [1.165, 1.54) is 24.3 Å². The molecule has 0 atom stereocenters. The molecule has 0 bridgehead atoms. The minimum Gasteiger partial charge on any atom is -0.404 e. The minimum absolute atomic E-state index is 0.543. The fraction of sp³-hybridized carbons (Fsp3) is 0.667. The Morgan fingerprint density at radius 1 is 1.50 bits per heavy atom. The highest BCUT2D eigenvalue weighted by atomic mass is 32.2. The highest BCUT2D eigenvalue weighted by molar-refractivity contribution is 7.99. The summed E-state index contributed by atoms with van der Waals surface area (Å²) >= 11 is 2.03. The van der Waals surface area contributed by atoms with E-state index in [-0.39, 0.29) is 0 Å². The van der Waals surface area contributed by atoms with Crippen LogP contribution in [0.5, 0.6) is 0 Å². The van der Waals surface area contributed by atoms with Gasteiger partial charge in [0.1, 0.15) is 0 Å². The Morgan fingerprint density at radius 3 is 2.75 bits per heavy atom. The van der Waals surface area contributed by atoms with Gasteiger partial charge in [-0.15, -0.1) is 0 Å². The fourth-order valence-electron chi connectivity index (χ4n) is 1.10. The first-order valence-electron chi connectivity index (χ1n) is 4.32. The van der Waals surface area contributed by atoms with Crippen LogP contribution in [0.1, 0.15) is 19.8 Å². The van der Waals surface area contributed by atoms with Crippen molar-refractivity contribution in [3.8, 4) is 0 Å². The van der Waals surface area contributed by atoms with Crippen molar-refractivity contribution in [3.63, 3.8) is 0 Å². The van der Waals surface area contributed by atoms with E-state index in [2.05, 4.69) is 4.99 Å². The Bertz CT molecular complexity index is 181. The molecule has 1 fully saturated rings. The van der Waals surface area contributed by atoms with E-state index in [9.17, 15) is 0 Å². The molecule has 3 heteroatoms. The highest BCUT2D eigenvalue weighted by Crippen LogP contribution is 2.19. The first-order chi connectivity index (χ1) is 5.83. The van der Waals surface area contributed by atoms with Crippen LogP contribution in [-0.4, -0.2) is 23.8 Å². The Kier molecular flexibility index (Phi) is 4.22. The number of rotatable bonds is 2. The Hall–Kier alpha value is -0.440. The SMILES string of the molecule is CC(C=NC1CCSCC1)=CN. The van der Waals surface area contributed by atoms with Gasteiger partial charge >= 0.3 is 0 Å². The highest BCUT2D eigenvalue weighted by Gasteiger charge is 2.10. The number of thioether (sulfide) groups is 1. The van der Waals surface area contributed by atoms with Crippen LogP contribution in [0.4, 0.5) is 0 Å². The maximum Gasteiger partial charge on any atom is 0.0515 e. The second-order valence-electron chi connectivity index (χ2n) is 3.03. The lowest BCUT2D eigenvalue weighted by atomic mass is 10.2. The smallest absolute Gasteiger partial charge is 0.0515 e. The fourth-order valence-corrected chi connectivity index (χ4v) is 2.18. The molecule has 2 nitrogen and oxygen atoms in total. The van der Waals surface area contributed by atoms with Crippen molar-refractivity contribution < 1.29 is 0 Å². The molecule has 0 radical (unpaired) electrons. The Labute approximate surface area is 78.3 Å². The van der Waals surface area contributed by atoms with Crippen molar-refractivity contribution in [2.75, 3.05) is 11.5 Å². The summed E-state index contributed by atoms with van der Waals surface area (Å²) in [6.45, 7) is 1.97. The summed E-state index contributed by atoms with van der Waals surface area (Å²) in [5, 5.41) is 0. The summed E-state index contributed by atoms with van der Waals surface area (Å²) in [5.41, 5.74) is 6.38. The molecule has 68 valence electrons. The van der Waals surface area contributed by atoms with Crippen molar-refractivity contribution in [2.24, 2.45) is 10.7 Å². The number of nitrogens with zero attached hydrogens (tertiary/aromatic N) is 1. The van der Waals surface area contributed by atoms with Gasteiger partial charge in [0.15, 0.2) is 0 Å². The molecule has 2 N–H and O–H groups in total. The quantitative estimate of drug-likeness (QED) is 0.665. The van der Waals surface area contributed by atoms with Crippen LogP contribution >= 0.6 is 11.8 Å². The van der Waals surface area contributed by atoms with Crippen LogP contribution in [0.2, 0.25) is 0 Å². The normalized spacial score (nSPS) is 21.9. The molecule has 0 aromatic carbocycles. The monoisotopic (exact) mass is 184 g/mol. The summed E-state index contributed by atoms with van der Waals surface area (Å²) in [6.07, 6.45) is 5.93. The first-order valence-corrected chi connectivity index (χ1v) is 5.48. The van der Waals surface area contributed by atoms with Crippen LogP contribution < -0.4 is 5.73 Å². The molecule has 0 aromatic rings. The molecular weight excluding hydrogens is 168 g/mol. The summed E-state index contributed by atoms with van der Waals surface area (Å²) < 4.78 is 0. The maximum absolute atomic E-state index is 5.33. The van der Waals surface area contributed by atoms with Crippen LogP contribution in [-0.2, 0) is 0 Å². The molecule has 0 unspecified atom stereocenters. The van der Waals surface area contributed by atoms with Crippen LogP contribution in [0.15, 0.2) is 16.8 Å². The summed E-state index contributed by atoms with van der Waals surface area (Å²) in [7, 11) is 0. The number of hydrogen-bond acceptors (Lipinski definition) is 3. The Balaban J connectivity index is 2.33. The zero-order chi connectivity index (χ0) is 8.81. The number of aliphatic imine (C=N–C) groups is 1. The lowest BCUT2D eigenvalue weighted by molar-refractivity contribution is 0.630. The minimum atomic E-state index is 0.543. The summed E-state index contributed by atoms with van der Waals surface area (Å²) in [5.74, 6) is 2.51. The lowest BCUT2D eigenvalue weighted by Gasteiger charge is -2.16. The number of allylic oxidation sites excluding steroid dienone is 1. The predicted octanol–water partition coefficient (Wildman–Crippen LogP) is 1.82. The van der Waals surface area contributed by atoms with Gasteiger partial charge in [-0.2, -0.15) is 11.8 Å². The molecule has 1 aliphatic heterocycles. The van der Waals surface area contributed by atoms with Gasteiger partial charge in [0.25, 0.3) is 0 Å². The van der Waals surface area contributed by atoms with E-state index in [0.29, 0.717) is 6.04 Å². The number of nitrogens with two attached hydrogens (primary N) is 1. The average molecular weight is 184 g/mol. The molecule has 0 amide bonds. The summed E-state index contributed by atoms with van der Waals surface area (Å²) in [6, 6.07) is 0.543. The lowest BCUT2D eigenvalue weighted by Crippen LogP contribution is -2.13. The predicted molar refractivity (Wildman–Crippen MR) is 56.8 cm³/mol. The van der Waals surface area contributed by atoms with E-state index in [1.807, 2.05) is 24.9 Å². The topological polar surface area (TPSA) is 38.4 Å². The van der Waals surface area contributed by atoms with Crippen LogP contribution in [0.25, 0.3) is 0 Å². The van der Waals surface area contributed by atoms with E-state index in [4.69, 9.17) is 5.73 Å². The second-order valence-corrected chi connectivity index (χ2v) is 4.26. The Morgan fingerprint density at radius 2 is 2.17 bits per heavy atom. The standard InChI is InChI=1S/C9H16N2S/c1-8(6-10)7-11-9-2-4-12-5-3-9/h6-7,9H,2-5,10H2,1H3. The van der Waals surface area contributed by atoms with E-state index in [1.54, 1.807) is 6.20 Å². The van der Waals surface area contributed by atoms with Gasteiger partial charge < -0.3 is 5.73 Å². The molecule has 0 spiro atoms. The molecule has 0 aromatic heterocycles. The molecule has 12 heavy (non-hydrogen) atoms.